The topological polar surface area (TPSA) is 196 Å². The third-order valence-corrected chi connectivity index (χ3v) is 5.15. The maximum absolute atomic E-state index is 12.8. The van der Waals surface area contributed by atoms with Crippen LogP contribution in [0.1, 0.15) is 6.92 Å². The van der Waals surface area contributed by atoms with Gasteiger partial charge in [0.05, 0.1) is 6.61 Å². The number of hydrogen-bond donors (Lipinski definition) is 6. The van der Waals surface area contributed by atoms with E-state index in [1.807, 2.05) is 0 Å². The summed E-state index contributed by atoms with van der Waals surface area (Å²) in [6.45, 7) is 0.677. The Balaban J connectivity index is 1.83. The zero-order chi connectivity index (χ0) is 24.7. The summed E-state index contributed by atoms with van der Waals surface area (Å²) in [5, 5.41) is 60.5. The molecule has 0 bridgehead atoms. The van der Waals surface area contributed by atoms with E-state index in [9.17, 15) is 40.2 Å². The third kappa shape index (κ3) is 4.05. The van der Waals surface area contributed by atoms with Crippen LogP contribution >= 0.6 is 0 Å². The molecule has 1 aliphatic heterocycles. The van der Waals surface area contributed by atoms with Gasteiger partial charge >= 0.3 is 5.97 Å². The van der Waals surface area contributed by atoms with Gasteiger partial charge in [0, 0.05) is 18.6 Å². The van der Waals surface area contributed by atoms with Gasteiger partial charge in [-0.1, -0.05) is 0 Å². The van der Waals surface area contributed by atoms with Gasteiger partial charge in [-0.25, -0.2) is 0 Å². The molecule has 0 radical (unpaired) electrons. The van der Waals surface area contributed by atoms with Crippen LogP contribution in [0.25, 0.3) is 22.3 Å². The van der Waals surface area contributed by atoms with Gasteiger partial charge in [0.1, 0.15) is 23.0 Å². The molecule has 34 heavy (non-hydrogen) atoms. The van der Waals surface area contributed by atoms with Gasteiger partial charge in [-0.15, -0.1) is 0 Å². The van der Waals surface area contributed by atoms with E-state index in [2.05, 4.69) is 0 Å². The first-order chi connectivity index (χ1) is 16.1. The average molecular weight is 476 g/mol. The number of esters is 1. The molecule has 1 fully saturated rings. The molecule has 1 saturated heterocycles. The normalized spacial score (nSPS) is 22.4. The molecule has 12 nitrogen and oxygen atoms in total. The molecule has 180 valence electrons. The molecule has 2 heterocycles. The number of fused-ring (bicyclic) bond motifs is 1. The van der Waals surface area contributed by atoms with Crippen LogP contribution in [0, 0.1) is 0 Å². The van der Waals surface area contributed by atoms with Gasteiger partial charge in [-0.3, -0.25) is 9.59 Å². The zero-order valence-corrected chi connectivity index (χ0v) is 17.5. The molecular weight excluding hydrogens is 456 g/mol. The van der Waals surface area contributed by atoms with Crippen molar-refractivity contribution in [1.29, 1.82) is 0 Å². The predicted molar refractivity (Wildman–Crippen MR) is 113 cm³/mol. The summed E-state index contributed by atoms with van der Waals surface area (Å²) in [7, 11) is 0. The highest BCUT2D eigenvalue weighted by atomic mass is 16.7. The number of phenolic OH excluding ortho intramolecular Hbond substituents is 3. The van der Waals surface area contributed by atoms with Crippen LogP contribution in [0.4, 0.5) is 0 Å². The third-order valence-electron chi connectivity index (χ3n) is 5.15. The number of aliphatic hydroxyl groups is 2. The Kier molecular flexibility index (Phi) is 5.96. The number of carbonyl (C=O) groups excluding carboxylic acids is 1. The fourth-order valence-electron chi connectivity index (χ4n) is 3.55. The van der Waals surface area contributed by atoms with Crippen LogP contribution < -0.4 is 10.2 Å². The van der Waals surface area contributed by atoms with E-state index < -0.39 is 76.6 Å². The molecule has 0 aliphatic carbocycles. The first-order valence-corrected chi connectivity index (χ1v) is 9.94. The molecule has 0 amide bonds. The molecule has 4 atom stereocenters. The highest BCUT2D eigenvalue weighted by Gasteiger charge is 2.43. The molecule has 1 aliphatic rings. The predicted octanol–water partition coefficient (Wildman–Crippen LogP) is 0.671. The highest BCUT2D eigenvalue weighted by Crippen LogP contribution is 2.43. The molecule has 0 spiro atoms. The van der Waals surface area contributed by atoms with Crippen molar-refractivity contribution in [3.8, 4) is 40.1 Å². The van der Waals surface area contributed by atoms with Crippen LogP contribution in [0.3, 0.4) is 0 Å². The summed E-state index contributed by atoms with van der Waals surface area (Å²) >= 11 is 0. The molecule has 1 aromatic heterocycles. The Morgan fingerprint density at radius 1 is 1.06 bits per heavy atom. The van der Waals surface area contributed by atoms with Crippen LogP contribution in [-0.4, -0.2) is 67.8 Å². The van der Waals surface area contributed by atoms with E-state index in [1.54, 1.807) is 0 Å². The van der Waals surface area contributed by atoms with Crippen LogP contribution in [0.5, 0.6) is 28.7 Å². The molecule has 0 saturated carbocycles. The van der Waals surface area contributed by atoms with Crippen LogP contribution in [0.2, 0.25) is 0 Å². The second kappa shape index (κ2) is 8.74. The number of phenols is 3. The van der Waals surface area contributed by atoms with Crippen molar-refractivity contribution in [2.75, 3.05) is 6.61 Å². The van der Waals surface area contributed by atoms with Gasteiger partial charge in [0.25, 0.3) is 0 Å². The number of ether oxygens (including phenoxy) is 3. The van der Waals surface area contributed by atoms with Gasteiger partial charge in [0.15, 0.2) is 29.3 Å². The first kappa shape index (κ1) is 23.2. The minimum absolute atomic E-state index is 0.0846. The van der Waals surface area contributed by atoms with Crippen molar-refractivity contribution in [2.24, 2.45) is 0 Å². The maximum Gasteiger partial charge on any atom is 0.303 e. The largest absolute Gasteiger partial charge is 0.508 e. The van der Waals surface area contributed by atoms with Crippen molar-refractivity contribution >= 4 is 16.9 Å². The summed E-state index contributed by atoms with van der Waals surface area (Å²) in [6, 6.07) is 6.02. The van der Waals surface area contributed by atoms with Gasteiger partial charge in [-0.2, -0.15) is 0 Å². The number of aliphatic hydroxyl groups excluding tert-OH is 2. The summed E-state index contributed by atoms with van der Waals surface area (Å²) in [5.74, 6) is -4.03. The number of carbonyl (C=O) groups is 1. The monoisotopic (exact) mass is 476 g/mol. The Labute approximate surface area is 190 Å². The van der Waals surface area contributed by atoms with Crippen molar-refractivity contribution in [2.45, 2.75) is 31.5 Å². The fraction of sp³-hybridized carbons (Fsp3) is 0.273. The lowest BCUT2D eigenvalue weighted by atomic mass is 10.0. The summed E-state index contributed by atoms with van der Waals surface area (Å²) < 4.78 is 21.3. The Morgan fingerprint density at radius 3 is 2.38 bits per heavy atom. The fourth-order valence-corrected chi connectivity index (χ4v) is 3.55. The molecule has 6 N–H and O–H groups in total. The Hall–Kier alpha value is -4.00. The standard InChI is InChI=1S/C22H20O12/c1-8(23)32-19-13(27)7-31-22(17(19)30)34-20-12(26)6-11(25)14-15(28)16(29)18(33-21(14)20)9-2-4-10(24)5-3-9/h2-6,13,17,19,22,24-27,29-30H,7H2,1H3/t13-,17?,19+,22+/m1/s1. The molecule has 1 unspecified atom stereocenters. The molecule has 2 aromatic carbocycles. The number of hydrogen-bond acceptors (Lipinski definition) is 12. The first-order valence-electron chi connectivity index (χ1n) is 9.94. The number of rotatable bonds is 4. The lowest BCUT2D eigenvalue weighted by molar-refractivity contribution is -0.248. The minimum atomic E-state index is -1.71. The second-order valence-corrected chi connectivity index (χ2v) is 7.56. The van der Waals surface area contributed by atoms with Gasteiger partial charge in [0.2, 0.25) is 23.2 Å². The van der Waals surface area contributed by atoms with E-state index >= 15 is 0 Å². The average Bonchev–Trinajstić information content (AvgIpc) is 2.77. The molecule has 4 rings (SSSR count). The summed E-state index contributed by atoms with van der Waals surface area (Å²) in [5.41, 5.74) is -1.37. The minimum Gasteiger partial charge on any atom is -0.508 e. The van der Waals surface area contributed by atoms with Crippen molar-refractivity contribution in [3.05, 3.63) is 40.6 Å². The lowest BCUT2D eigenvalue weighted by Crippen LogP contribution is -2.56. The summed E-state index contributed by atoms with van der Waals surface area (Å²) in [6.07, 6.45) is -6.08. The molecule has 12 heteroatoms. The number of benzene rings is 2. The van der Waals surface area contributed by atoms with E-state index in [0.717, 1.165) is 13.0 Å². The van der Waals surface area contributed by atoms with Crippen LogP contribution in [0.15, 0.2) is 39.5 Å². The van der Waals surface area contributed by atoms with E-state index in [4.69, 9.17) is 18.6 Å². The molecule has 3 aromatic rings. The SMILES string of the molecule is CC(=O)O[C@@H]1C(O)[C@H](Oc2c(O)cc(O)c3c(=O)c(O)c(-c4ccc(O)cc4)oc23)OC[C@H]1O. The second-order valence-electron chi connectivity index (χ2n) is 7.56. The Bertz CT molecular complexity index is 1300. The lowest BCUT2D eigenvalue weighted by Gasteiger charge is -2.36. The molecular formula is C22H20O12. The van der Waals surface area contributed by atoms with Crippen molar-refractivity contribution in [3.63, 3.8) is 0 Å². The quantitative estimate of drug-likeness (QED) is 0.288. The van der Waals surface area contributed by atoms with E-state index in [1.165, 1.54) is 24.3 Å². The van der Waals surface area contributed by atoms with Gasteiger partial charge in [-0.05, 0) is 24.3 Å². The van der Waals surface area contributed by atoms with Crippen molar-refractivity contribution in [1.82, 2.24) is 0 Å². The van der Waals surface area contributed by atoms with Crippen LogP contribution in [-0.2, 0) is 14.3 Å². The maximum atomic E-state index is 12.8. The van der Waals surface area contributed by atoms with Crippen molar-refractivity contribution < 1.29 is 54.1 Å². The summed E-state index contributed by atoms with van der Waals surface area (Å²) in [4.78, 5) is 24.1. The zero-order valence-electron chi connectivity index (χ0n) is 17.5. The smallest absolute Gasteiger partial charge is 0.303 e. The number of aromatic hydroxyl groups is 4. The Morgan fingerprint density at radius 2 is 1.74 bits per heavy atom. The van der Waals surface area contributed by atoms with E-state index in [0.29, 0.717) is 0 Å². The highest BCUT2D eigenvalue weighted by molar-refractivity contribution is 5.93. The van der Waals surface area contributed by atoms with Gasteiger partial charge < -0.3 is 49.3 Å². The van der Waals surface area contributed by atoms with E-state index in [-0.39, 0.29) is 17.1 Å².